The summed E-state index contributed by atoms with van der Waals surface area (Å²) in [6, 6.07) is 10.2. The lowest BCUT2D eigenvalue weighted by Gasteiger charge is -2.12. The molecular weight excluding hydrogens is 378 g/mol. The van der Waals surface area contributed by atoms with Crippen LogP contribution in [0.15, 0.2) is 40.9 Å². The van der Waals surface area contributed by atoms with Gasteiger partial charge in [-0.3, -0.25) is 0 Å². The Morgan fingerprint density at radius 1 is 1.16 bits per heavy atom. The number of hydrogen-bond donors (Lipinski definition) is 0. The number of aryl methyl sites for hydroxylation is 1. The average Bonchev–Trinajstić information content (AvgIpc) is 2.38. The van der Waals surface area contributed by atoms with Gasteiger partial charge in [0.2, 0.25) is 0 Å². The zero-order valence-corrected chi connectivity index (χ0v) is 13.4. The van der Waals surface area contributed by atoms with Gasteiger partial charge in [0.05, 0.1) is 0 Å². The van der Waals surface area contributed by atoms with Crippen molar-refractivity contribution in [3.05, 3.63) is 69.2 Å². The lowest BCUT2D eigenvalue weighted by Crippen LogP contribution is -2.00. The number of rotatable bonds is 3. The van der Waals surface area contributed by atoms with E-state index in [1.165, 1.54) is 6.07 Å². The highest BCUT2D eigenvalue weighted by Crippen LogP contribution is 2.31. The molecule has 0 N–H and O–H groups in total. The summed E-state index contributed by atoms with van der Waals surface area (Å²) >= 11 is 7.00. The van der Waals surface area contributed by atoms with Gasteiger partial charge in [-0.1, -0.05) is 56.1 Å². The topological polar surface area (TPSA) is 0 Å². The van der Waals surface area contributed by atoms with E-state index >= 15 is 0 Å². The Labute approximate surface area is 128 Å². The summed E-state index contributed by atoms with van der Waals surface area (Å²) in [5, 5.41) is 0. The molecule has 2 aromatic carbocycles. The molecule has 19 heavy (non-hydrogen) atoms. The molecule has 4 heteroatoms. The lowest BCUT2D eigenvalue weighted by molar-refractivity contribution is 0.498. The molecule has 0 radical (unpaired) electrons. The van der Waals surface area contributed by atoms with Crippen molar-refractivity contribution in [2.24, 2.45) is 0 Å². The fourth-order valence-electron chi connectivity index (χ4n) is 1.82. The van der Waals surface area contributed by atoms with Crippen molar-refractivity contribution < 1.29 is 8.78 Å². The summed E-state index contributed by atoms with van der Waals surface area (Å²) < 4.78 is 27.8. The van der Waals surface area contributed by atoms with Crippen LogP contribution in [-0.4, -0.2) is 0 Å². The van der Waals surface area contributed by atoms with Gasteiger partial charge >= 0.3 is 0 Å². The van der Waals surface area contributed by atoms with Crippen LogP contribution in [0.25, 0.3) is 0 Å². The molecule has 0 saturated carbocycles. The van der Waals surface area contributed by atoms with Crippen LogP contribution in [0.2, 0.25) is 0 Å². The first-order valence-corrected chi connectivity index (χ1v) is 7.53. The highest BCUT2D eigenvalue weighted by Gasteiger charge is 2.14. The third-order valence-electron chi connectivity index (χ3n) is 2.99. The van der Waals surface area contributed by atoms with E-state index in [-0.39, 0.29) is 4.83 Å². The SMILES string of the molecule is Cc1ccc(C(Br)Cc2cccc(F)c2F)cc1Br. The molecule has 100 valence electrons. The summed E-state index contributed by atoms with van der Waals surface area (Å²) in [6.07, 6.45) is 0.402. The second kappa shape index (κ2) is 6.14. The normalized spacial score (nSPS) is 12.5. The molecule has 0 aliphatic heterocycles. The minimum absolute atomic E-state index is 0.0549. The third kappa shape index (κ3) is 3.42. The van der Waals surface area contributed by atoms with Gasteiger partial charge in [0.15, 0.2) is 11.6 Å². The molecule has 0 fully saturated rings. The van der Waals surface area contributed by atoms with Crippen molar-refractivity contribution in [3.63, 3.8) is 0 Å². The molecule has 0 spiro atoms. The molecule has 2 aromatic rings. The fraction of sp³-hybridized carbons (Fsp3) is 0.200. The molecule has 0 saturated heterocycles. The molecule has 0 aliphatic carbocycles. The summed E-state index contributed by atoms with van der Waals surface area (Å²) in [5.74, 6) is -1.57. The van der Waals surface area contributed by atoms with E-state index in [1.54, 1.807) is 6.07 Å². The maximum Gasteiger partial charge on any atom is 0.162 e. The first kappa shape index (κ1) is 14.7. The molecule has 2 rings (SSSR count). The summed E-state index contributed by atoms with van der Waals surface area (Å²) in [6.45, 7) is 2.00. The molecule has 1 unspecified atom stereocenters. The van der Waals surface area contributed by atoms with Gasteiger partial charge in [-0.05, 0) is 42.2 Å². The van der Waals surface area contributed by atoms with Crippen molar-refractivity contribution in [1.29, 1.82) is 0 Å². The summed E-state index contributed by atoms with van der Waals surface area (Å²) in [4.78, 5) is -0.0549. The third-order valence-corrected chi connectivity index (χ3v) is 4.70. The van der Waals surface area contributed by atoms with Gasteiger partial charge in [-0.15, -0.1) is 0 Å². The quantitative estimate of drug-likeness (QED) is 0.589. The summed E-state index contributed by atoms with van der Waals surface area (Å²) in [5.41, 5.74) is 2.54. The van der Waals surface area contributed by atoms with Crippen LogP contribution in [0.3, 0.4) is 0 Å². The first-order chi connectivity index (χ1) is 8.99. The van der Waals surface area contributed by atoms with Gasteiger partial charge < -0.3 is 0 Å². The zero-order chi connectivity index (χ0) is 14.0. The second-order valence-electron chi connectivity index (χ2n) is 4.39. The number of benzene rings is 2. The van der Waals surface area contributed by atoms with E-state index in [2.05, 4.69) is 31.9 Å². The summed E-state index contributed by atoms with van der Waals surface area (Å²) in [7, 11) is 0. The van der Waals surface area contributed by atoms with Crippen molar-refractivity contribution in [2.45, 2.75) is 18.2 Å². The van der Waals surface area contributed by atoms with Gasteiger partial charge in [0, 0.05) is 9.30 Å². The minimum atomic E-state index is -0.803. The van der Waals surface area contributed by atoms with Crippen LogP contribution in [-0.2, 0) is 6.42 Å². The van der Waals surface area contributed by atoms with E-state index in [1.807, 2.05) is 25.1 Å². The second-order valence-corrected chi connectivity index (χ2v) is 6.35. The monoisotopic (exact) mass is 388 g/mol. The van der Waals surface area contributed by atoms with E-state index in [4.69, 9.17) is 0 Å². The fourth-order valence-corrected chi connectivity index (χ4v) is 2.85. The van der Waals surface area contributed by atoms with Crippen molar-refractivity contribution in [2.75, 3.05) is 0 Å². The van der Waals surface area contributed by atoms with E-state index in [0.717, 1.165) is 21.7 Å². The molecular formula is C15H12Br2F2. The molecule has 0 amide bonds. The Kier molecular flexibility index (Phi) is 4.74. The van der Waals surface area contributed by atoms with E-state index in [9.17, 15) is 8.78 Å². The number of hydrogen-bond acceptors (Lipinski definition) is 0. The Morgan fingerprint density at radius 3 is 2.58 bits per heavy atom. The van der Waals surface area contributed by atoms with Crippen LogP contribution in [0.5, 0.6) is 0 Å². The lowest BCUT2D eigenvalue weighted by atomic mass is 10.0. The van der Waals surface area contributed by atoms with Gasteiger partial charge in [0.1, 0.15) is 0 Å². The van der Waals surface area contributed by atoms with Crippen LogP contribution >= 0.6 is 31.9 Å². The molecule has 0 aliphatic rings. The maximum atomic E-state index is 13.6. The smallest absolute Gasteiger partial charge is 0.162 e. The highest BCUT2D eigenvalue weighted by molar-refractivity contribution is 9.10. The molecule has 0 bridgehead atoms. The zero-order valence-electron chi connectivity index (χ0n) is 10.3. The molecule has 0 aromatic heterocycles. The molecule has 1 atom stereocenters. The Bertz CT molecular complexity index is 597. The molecule has 0 heterocycles. The van der Waals surface area contributed by atoms with Crippen LogP contribution in [0.4, 0.5) is 8.78 Å². The highest BCUT2D eigenvalue weighted by atomic mass is 79.9. The minimum Gasteiger partial charge on any atom is -0.204 e. The maximum absolute atomic E-state index is 13.6. The van der Waals surface area contributed by atoms with Crippen LogP contribution < -0.4 is 0 Å². The predicted octanol–water partition coefficient (Wildman–Crippen LogP) is 5.71. The van der Waals surface area contributed by atoms with Crippen LogP contribution in [0.1, 0.15) is 21.5 Å². The Balaban J connectivity index is 2.23. The van der Waals surface area contributed by atoms with E-state index in [0.29, 0.717) is 12.0 Å². The van der Waals surface area contributed by atoms with Gasteiger partial charge in [-0.25, -0.2) is 8.78 Å². The first-order valence-electron chi connectivity index (χ1n) is 5.82. The standard InChI is InChI=1S/C15H12Br2F2/c1-9-5-6-10(7-12(9)16)13(17)8-11-3-2-4-14(18)15(11)19/h2-7,13H,8H2,1H3. The van der Waals surface area contributed by atoms with E-state index < -0.39 is 11.6 Å². The van der Waals surface area contributed by atoms with Gasteiger partial charge in [0.25, 0.3) is 0 Å². The molecule has 0 nitrogen and oxygen atoms in total. The Morgan fingerprint density at radius 2 is 1.89 bits per heavy atom. The van der Waals surface area contributed by atoms with Gasteiger partial charge in [-0.2, -0.15) is 0 Å². The van der Waals surface area contributed by atoms with Crippen molar-refractivity contribution >= 4 is 31.9 Å². The largest absolute Gasteiger partial charge is 0.204 e. The number of halogens is 4. The predicted molar refractivity (Wildman–Crippen MR) is 80.6 cm³/mol. The Hall–Kier alpha value is -0.740. The van der Waals surface area contributed by atoms with Crippen molar-refractivity contribution in [3.8, 4) is 0 Å². The number of alkyl halides is 1. The van der Waals surface area contributed by atoms with Crippen LogP contribution in [0, 0.1) is 18.6 Å². The van der Waals surface area contributed by atoms with Crippen molar-refractivity contribution in [1.82, 2.24) is 0 Å². The average molecular weight is 390 g/mol.